The van der Waals surface area contributed by atoms with E-state index >= 15 is 0 Å². The lowest BCUT2D eigenvalue weighted by atomic mass is 10.0. The number of nitriles is 1. The molecule has 5 nitrogen and oxygen atoms in total. The average Bonchev–Trinajstić information content (AvgIpc) is 2.94. The number of nitrogens with zero attached hydrogens (tertiary/aromatic N) is 3. The Labute approximate surface area is 138 Å². The number of halogens is 1. The summed E-state index contributed by atoms with van der Waals surface area (Å²) in [6, 6.07) is 8.21. The minimum Gasteiger partial charge on any atom is -0.293 e. The van der Waals surface area contributed by atoms with E-state index in [9.17, 15) is 9.18 Å². The van der Waals surface area contributed by atoms with Crippen LogP contribution in [0.3, 0.4) is 0 Å². The van der Waals surface area contributed by atoms with Gasteiger partial charge in [0.25, 0.3) is 5.56 Å². The summed E-state index contributed by atoms with van der Waals surface area (Å²) in [5, 5.41) is 11.9. The van der Waals surface area contributed by atoms with Gasteiger partial charge in [-0.25, -0.2) is 13.9 Å². The van der Waals surface area contributed by atoms with Crippen LogP contribution in [0.2, 0.25) is 0 Å². The van der Waals surface area contributed by atoms with E-state index in [1.807, 2.05) is 6.92 Å². The molecule has 2 heterocycles. The molecule has 122 valence electrons. The summed E-state index contributed by atoms with van der Waals surface area (Å²) in [6.45, 7) is 3.76. The molecular formula is C18H17FN4O. The van der Waals surface area contributed by atoms with E-state index in [1.165, 1.54) is 16.6 Å². The zero-order chi connectivity index (χ0) is 17.3. The largest absolute Gasteiger partial charge is 0.293 e. The molecule has 1 aromatic carbocycles. The van der Waals surface area contributed by atoms with Crippen LogP contribution >= 0.6 is 0 Å². The van der Waals surface area contributed by atoms with Crippen molar-refractivity contribution in [1.82, 2.24) is 14.6 Å². The fraction of sp³-hybridized carbons (Fsp3) is 0.278. The first-order valence-electron chi connectivity index (χ1n) is 7.82. The molecule has 0 aliphatic carbocycles. The number of benzene rings is 1. The van der Waals surface area contributed by atoms with Crippen molar-refractivity contribution in [3.05, 3.63) is 57.4 Å². The predicted octanol–water partition coefficient (Wildman–Crippen LogP) is 3.16. The normalized spacial score (nSPS) is 10.9. The predicted molar refractivity (Wildman–Crippen MR) is 89.3 cm³/mol. The van der Waals surface area contributed by atoms with E-state index < -0.39 is 0 Å². The van der Waals surface area contributed by atoms with Crippen LogP contribution in [-0.2, 0) is 12.8 Å². The van der Waals surface area contributed by atoms with E-state index in [-0.39, 0.29) is 17.8 Å². The molecule has 0 spiro atoms. The second kappa shape index (κ2) is 6.28. The number of aryl methyl sites for hydroxylation is 2. The van der Waals surface area contributed by atoms with Gasteiger partial charge in [0.05, 0.1) is 6.07 Å². The number of aromatic nitrogens is 3. The number of nitrogens with one attached hydrogen (secondary N) is 1. The van der Waals surface area contributed by atoms with Crippen LogP contribution < -0.4 is 5.56 Å². The van der Waals surface area contributed by atoms with Gasteiger partial charge in [0, 0.05) is 28.9 Å². The number of H-pyrrole nitrogens is 1. The molecule has 0 bridgehead atoms. The highest BCUT2D eigenvalue weighted by Crippen LogP contribution is 2.28. The van der Waals surface area contributed by atoms with Gasteiger partial charge in [-0.05, 0) is 37.5 Å². The maximum Gasteiger partial charge on any atom is 0.276 e. The molecular weight excluding hydrogens is 307 g/mol. The van der Waals surface area contributed by atoms with Crippen LogP contribution in [0.25, 0.3) is 16.8 Å². The zero-order valence-corrected chi connectivity index (χ0v) is 13.6. The first-order chi connectivity index (χ1) is 11.6. The molecule has 0 unspecified atom stereocenters. The van der Waals surface area contributed by atoms with Crippen molar-refractivity contribution in [2.45, 2.75) is 33.1 Å². The zero-order valence-electron chi connectivity index (χ0n) is 13.6. The molecule has 24 heavy (non-hydrogen) atoms. The molecule has 0 amide bonds. The minimum atomic E-state index is -0.309. The molecule has 0 aliphatic heterocycles. The van der Waals surface area contributed by atoms with E-state index in [2.05, 4.69) is 16.2 Å². The van der Waals surface area contributed by atoms with Crippen LogP contribution in [0.5, 0.6) is 0 Å². The van der Waals surface area contributed by atoms with Gasteiger partial charge in [-0.15, -0.1) is 0 Å². The lowest BCUT2D eigenvalue weighted by Crippen LogP contribution is -2.22. The van der Waals surface area contributed by atoms with Crippen LogP contribution in [-0.4, -0.2) is 14.6 Å². The molecule has 0 saturated heterocycles. The number of aromatic amines is 1. The van der Waals surface area contributed by atoms with Gasteiger partial charge in [-0.3, -0.25) is 9.89 Å². The standard InChI is InChI=1S/C18H17FN4O/c1-3-15-16(12-6-8-13(19)9-7-12)17-21-11(2)14(5-4-10-20)18(24)23(17)22-15/h6-9,22H,3-5H2,1-2H3. The molecule has 0 aliphatic rings. The smallest absolute Gasteiger partial charge is 0.276 e. The molecule has 0 saturated carbocycles. The van der Waals surface area contributed by atoms with Gasteiger partial charge < -0.3 is 0 Å². The minimum absolute atomic E-state index is 0.184. The summed E-state index contributed by atoms with van der Waals surface area (Å²) in [4.78, 5) is 17.3. The average molecular weight is 324 g/mol. The summed E-state index contributed by atoms with van der Waals surface area (Å²) in [5.74, 6) is -0.309. The van der Waals surface area contributed by atoms with E-state index in [4.69, 9.17) is 5.26 Å². The molecule has 0 fully saturated rings. The SMILES string of the molecule is CCc1[nH]n2c(=O)c(CCC#N)c(C)nc2c1-c1ccc(F)cc1. The van der Waals surface area contributed by atoms with Gasteiger partial charge in [0.2, 0.25) is 0 Å². The van der Waals surface area contributed by atoms with Gasteiger partial charge >= 0.3 is 0 Å². The highest BCUT2D eigenvalue weighted by Gasteiger charge is 2.18. The Kier molecular flexibility index (Phi) is 4.17. The van der Waals surface area contributed by atoms with E-state index in [0.717, 1.165) is 16.8 Å². The molecule has 0 radical (unpaired) electrons. The van der Waals surface area contributed by atoms with Crippen molar-refractivity contribution < 1.29 is 4.39 Å². The highest BCUT2D eigenvalue weighted by molar-refractivity contribution is 5.80. The number of rotatable bonds is 4. The Morgan fingerprint density at radius 3 is 2.67 bits per heavy atom. The summed E-state index contributed by atoms with van der Waals surface area (Å²) >= 11 is 0. The number of hydrogen-bond acceptors (Lipinski definition) is 3. The Balaban J connectivity index is 2.29. The lowest BCUT2D eigenvalue weighted by molar-refractivity contribution is 0.628. The molecule has 3 aromatic rings. The maximum atomic E-state index is 13.2. The summed E-state index contributed by atoms with van der Waals surface area (Å²) < 4.78 is 14.6. The summed E-state index contributed by atoms with van der Waals surface area (Å²) in [7, 11) is 0. The maximum absolute atomic E-state index is 13.2. The van der Waals surface area contributed by atoms with Crippen molar-refractivity contribution in [1.29, 1.82) is 5.26 Å². The van der Waals surface area contributed by atoms with Gasteiger partial charge in [0.15, 0.2) is 5.65 Å². The molecule has 3 rings (SSSR count). The Morgan fingerprint density at radius 2 is 2.04 bits per heavy atom. The Bertz CT molecular complexity index is 993. The van der Waals surface area contributed by atoms with E-state index in [1.54, 1.807) is 19.1 Å². The highest BCUT2D eigenvalue weighted by atomic mass is 19.1. The first kappa shape index (κ1) is 15.9. The molecule has 0 atom stereocenters. The van der Waals surface area contributed by atoms with E-state index in [0.29, 0.717) is 29.7 Å². The molecule has 1 N–H and O–H groups in total. The van der Waals surface area contributed by atoms with Gasteiger partial charge in [-0.1, -0.05) is 19.1 Å². The van der Waals surface area contributed by atoms with Crippen molar-refractivity contribution >= 4 is 5.65 Å². The third-order valence-electron chi connectivity index (χ3n) is 4.13. The van der Waals surface area contributed by atoms with Gasteiger partial charge in [0.1, 0.15) is 5.82 Å². The molecule has 2 aromatic heterocycles. The number of fused-ring (bicyclic) bond motifs is 1. The molecule has 6 heteroatoms. The number of hydrogen-bond donors (Lipinski definition) is 1. The second-order valence-electron chi connectivity index (χ2n) is 5.62. The van der Waals surface area contributed by atoms with Crippen molar-refractivity contribution in [2.24, 2.45) is 0 Å². The van der Waals surface area contributed by atoms with Gasteiger partial charge in [-0.2, -0.15) is 5.26 Å². The van der Waals surface area contributed by atoms with Crippen molar-refractivity contribution in [3.8, 4) is 17.2 Å². The van der Waals surface area contributed by atoms with Crippen LogP contribution in [0.15, 0.2) is 29.1 Å². The third-order valence-corrected chi connectivity index (χ3v) is 4.13. The summed E-state index contributed by atoms with van der Waals surface area (Å²) in [6.07, 6.45) is 1.33. The third kappa shape index (κ3) is 2.58. The fourth-order valence-electron chi connectivity index (χ4n) is 2.90. The van der Waals surface area contributed by atoms with Crippen molar-refractivity contribution in [3.63, 3.8) is 0 Å². The monoisotopic (exact) mass is 324 g/mol. The van der Waals surface area contributed by atoms with Crippen LogP contribution in [0, 0.1) is 24.1 Å². The Hall–Kier alpha value is -2.94. The quantitative estimate of drug-likeness (QED) is 0.801. The first-order valence-corrected chi connectivity index (χ1v) is 7.82. The van der Waals surface area contributed by atoms with Crippen LogP contribution in [0.1, 0.15) is 30.3 Å². The fourth-order valence-corrected chi connectivity index (χ4v) is 2.90. The topological polar surface area (TPSA) is 73.9 Å². The summed E-state index contributed by atoms with van der Waals surface area (Å²) in [5.41, 5.74) is 4.00. The van der Waals surface area contributed by atoms with Crippen LogP contribution in [0.4, 0.5) is 4.39 Å². The second-order valence-corrected chi connectivity index (χ2v) is 5.62. The Morgan fingerprint density at radius 1 is 1.33 bits per heavy atom. The lowest BCUT2D eigenvalue weighted by Gasteiger charge is -2.05. The van der Waals surface area contributed by atoms with Crippen molar-refractivity contribution in [2.75, 3.05) is 0 Å².